The van der Waals surface area contributed by atoms with Crippen molar-refractivity contribution in [1.82, 2.24) is 4.31 Å². The van der Waals surface area contributed by atoms with Crippen LogP contribution in [0.4, 0.5) is 4.39 Å². The SMILES string of the molecule is COc1ccc2c3c1O[C@@H]1C(F)CCC4[C@H](C2)N(S(=O)(=O)c2ccccc2)CC[C@]341. The van der Waals surface area contributed by atoms with E-state index in [0.29, 0.717) is 48.6 Å². The van der Waals surface area contributed by atoms with Crippen LogP contribution in [-0.4, -0.2) is 44.7 Å². The Morgan fingerprint density at radius 3 is 2.73 bits per heavy atom. The zero-order chi connectivity index (χ0) is 20.7. The highest BCUT2D eigenvalue weighted by Gasteiger charge is 2.67. The number of ether oxygens (including phenoxy) is 2. The van der Waals surface area contributed by atoms with E-state index in [2.05, 4.69) is 0 Å². The van der Waals surface area contributed by atoms with Crippen LogP contribution in [0.1, 0.15) is 30.4 Å². The van der Waals surface area contributed by atoms with E-state index in [1.54, 1.807) is 35.7 Å². The van der Waals surface area contributed by atoms with Crippen LogP contribution in [0.5, 0.6) is 11.5 Å². The van der Waals surface area contributed by atoms with Gasteiger partial charge in [-0.15, -0.1) is 0 Å². The average molecular weight is 430 g/mol. The first-order valence-electron chi connectivity index (χ1n) is 10.6. The van der Waals surface area contributed by atoms with Gasteiger partial charge in [0.1, 0.15) is 12.3 Å². The van der Waals surface area contributed by atoms with Crippen molar-refractivity contribution in [3.63, 3.8) is 0 Å². The van der Waals surface area contributed by atoms with E-state index >= 15 is 4.39 Å². The number of alkyl halides is 1. The van der Waals surface area contributed by atoms with Crippen LogP contribution in [0.3, 0.4) is 0 Å². The number of halogens is 1. The number of sulfonamides is 1. The number of benzene rings is 2. The molecular weight excluding hydrogens is 405 g/mol. The lowest BCUT2D eigenvalue weighted by Gasteiger charge is -2.58. The van der Waals surface area contributed by atoms with Gasteiger partial charge < -0.3 is 9.47 Å². The number of methoxy groups -OCH3 is 1. The third-order valence-electron chi connectivity index (χ3n) is 7.75. The fraction of sp³-hybridized carbons (Fsp3) is 0.478. The second-order valence-corrected chi connectivity index (χ2v) is 10.8. The van der Waals surface area contributed by atoms with Crippen molar-refractivity contribution >= 4 is 10.0 Å². The van der Waals surface area contributed by atoms with E-state index < -0.39 is 27.7 Å². The summed E-state index contributed by atoms with van der Waals surface area (Å²) in [4.78, 5) is 0.320. The molecule has 2 bridgehead atoms. The van der Waals surface area contributed by atoms with Crippen molar-refractivity contribution < 1.29 is 22.3 Å². The number of hydrogen-bond donors (Lipinski definition) is 0. The Morgan fingerprint density at radius 2 is 1.97 bits per heavy atom. The standard InChI is InChI=1S/C23H24FNO4S/c1-28-19-10-7-14-13-18-16-8-9-17(24)22-23(16,20(14)21(19)29-22)11-12-25(18)30(26,27)15-5-3-2-4-6-15/h2-7,10,16-18,22H,8-9,11-13H2,1H3/t16?,17?,18-,22+,23+/m0/s1. The molecule has 0 N–H and O–H groups in total. The summed E-state index contributed by atoms with van der Waals surface area (Å²) >= 11 is 0. The molecule has 158 valence electrons. The number of nitrogens with zero attached hydrogens (tertiary/aromatic N) is 1. The molecule has 1 saturated carbocycles. The minimum Gasteiger partial charge on any atom is -0.493 e. The molecule has 0 radical (unpaired) electrons. The molecule has 0 aromatic heterocycles. The summed E-state index contributed by atoms with van der Waals surface area (Å²) in [5.41, 5.74) is 1.67. The molecule has 2 aromatic carbocycles. The van der Waals surface area contributed by atoms with Gasteiger partial charge in [0.15, 0.2) is 11.5 Å². The van der Waals surface area contributed by atoms with Gasteiger partial charge in [0.2, 0.25) is 10.0 Å². The summed E-state index contributed by atoms with van der Waals surface area (Å²) < 4.78 is 55.7. The van der Waals surface area contributed by atoms with Crippen LogP contribution in [0.2, 0.25) is 0 Å². The van der Waals surface area contributed by atoms with Gasteiger partial charge in [0.25, 0.3) is 0 Å². The quantitative estimate of drug-likeness (QED) is 0.750. The zero-order valence-corrected chi connectivity index (χ0v) is 17.6. The molecule has 2 aliphatic carbocycles. The van der Waals surface area contributed by atoms with E-state index in [1.165, 1.54) is 0 Å². The molecule has 1 saturated heterocycles. The maximum atomic E-state index is 15.1. The van der Waals surface area contributed by atoms with Crippen molar-refractivity contribution in [1.29, 1.82) is 0 Å². The maximum absolute atomic E-state index is 15.1. The minimum atomic E-state index is -3.62. The first-order valence-corrected chi connectivity index (χ1v) is 12.0. The number of hydrogen-bond acceptors (Lipinski definition) is 4. The van der Waals surface area contributed by atoms with Crippen LogP contribution in [0, 0.1) is 5.92 Å². The van der Waals surface area contributed by atoms with Gasteiger partial charge in [-0.3, -0.25) is 0 Å². The third-order valence-corrected chi connectivity index (χ3v) is 9.69. The van der Waals surface area contributed by atoms with Crippen LogP contribution in [0.15, 0.2) is 47.4 Å². The third kappa shape index (κ3) is 2.17. The van der Waals surface area contributed by atoms with Crippen LogP contribution >= 0.6 is 0 Å². The topological polar surface area (TPSA) is 55.8 Å². The molecule has 0 amide bonds. The number of piperidine rings is 1. The van der Waals surface area contributed by atoms with Crippen molar-refractivity contribution in [3.8, 4) is 11.5 Å². The van der Waals surface area contributed by atoms with Gasteiger partial charge in [-0.1, -0.05) is 24.3 Å². The molecule has 2 unspecified atom stereocenters. The summed E-state index contributed by atoms with van der Waals surface area (Å²) in [5, 5.41) is 0. The summed E-state index contributed by atoms with van der Waals surface area (Å²) in [6.07, 6.45) is 0.644. The fourth-order valence-corrected chi connectivity index (χ4v) is 8.30. The fourth-order valence-electron chi connectivity index (χ4n) is 6.62. The smallest absolute Gasteiger partial charge is 0.243 e. The monoisotopic (exact) mass is 429 g/mol. The Morgan fingerprint density at radius 1 is 1.17 bits per heavy atom. The highest BCUT2D eigenvalue weighted by Crippen LogP contribution is 2.64. The molecule has 6 rings (SSSR count). The second-order valence-electron chi connectivity index (χ2n) is 8.86. The van der Waals surface area contributed by atoms with Gasteiger partial charge >= 0.3 is 0 Å². The van der Waals surface area contributed by atoms with Crippen LogP contribution < -0.4 is 9.47 Å². The predicted octanol–water partition coefficient (Wildman–Crippen LogP) is 3.46. The summed E-state index contributed by atoms with van der Waals surface area (Å²) in [6, 6.07) is 12.3. The minimum absolute atomic E-state index is 0.0441. The molecule has 2 heterocycles. The molecular formula is C23H24FNO4S. The molecule has 7 heteroatoms. The first-order chi connectivity index (χ1) is 14.5. The van der Waals surface area contributed by atoms with Gasteiger partial charge in [0, 0.05) is 23.6 Å². The summed E-state index contributed by atoms with van der Waals surface area (Å²) in [7, 11) is -2.02. The Labute approximate surface area is 175 Å². The van der Waals surface area contributed by atoms with Gasteiger partial charge in [-0.25, -0.2) is 12.8 Å². The van der Waals surface area contributed by atoms with Crippen molar-refractivity contribution in [2.45, 2.75) is 54.3 Å². The largest absolute Gasteiger partial charge is 0.493 e. The summed E-state index contributed by atoms with van der Waals surface area (Å²) in [5.74, 6) is 1.36. The first kappa shape index (κ1) is 18.6. The zero-order valence-electron chi connectivity index (χ0n) is 16.8. The normalized spacial score (nSPS) is 34.2. The molecule has 2 aliphatic heterocycles. The molecule has 30 heavy (non-hydrogen) atoms. The Hall–Kier alpha value is -2.12. The molecule has 4 aliphatic rings. The Kier molecular flexibility index (Phi) is 3.85. The highest BCUT2D eigenvalue weighted by atomic mass is 32.2. The molecule has 1 spiro atoms. The van der Waals surface area contributed by atoms with Crippen LogP contribution in [-0.2, 0) is 21.9 Å². The van der Waals surface area contributed by atoms with E-state index in [9.17, 15) is 8.42 Å². The molecule has 5 atom stereocenters. The lowest BCUT2D eigenvalue weighted by Crippen LogP contribution is -2.67. The lowest BCUT2D eigenvalue weighted by atomic mass is 9.52. The van der Waals surface area contributed by atoms with Crippen molar-refractivity contribution in [2.24, 2.45) is 5.92 Å². The second kappa shape index (κ2) is 6.20. The Bertz CT molecular complexity index is 1120. The van der Waals surface area contributed by atoms with E-state index in [4.69, 9.17) is 9.47 Å². The molecule has 2 aromatic rings. The van der Waals surface area contributed by atoms with E-state index in [-0.39, 0.29) is 12.0 Å². The highest BCUT2D eigenvalue weighted by molar-refractivity contribution is 7.89. The van der Waals surface area contributed by atoms with Gasteiger partial charge in [0.05, 0.1) is 12.0 Å². The lowest BCUT2D eigenvalue weighted by molar-refractivity contribution is -0.0637. The van der Waals surface area contributed by atoms with Crippen LogP contribution in [0.25, 0.3) is 0 Å². The molecule has 5 nitrogen and oxygen atoms in total. The molecule has 2 fully saturated rings. The number of rotatable bonds is 3. The van der Waals surface area contributed by atoms with Gasteiger partial charge in [-0.05, 0) is 55.4 Å². The average Bonchev–Trinajstić information content (AvgIpc) is 3.10. The van der Waals surface area contributed by atoms with Crippen molar-refractivity contribution in [3.05, 3.63) is 53.6 Å². The van der Waals surface area contributed by atoms with E-state index in [1.807, 2.05) is 18.2 Å². The maximum Gasteiger partial charge on any atom is 0.243 e. The summed E-state index contributed by atoms with van der Waals surface area (Å²) in [6.45, 7) is 0.376. The predicted molar refractivity (Wildman–Crippen MR) is 109 cm³/mol. The van der Waals surface area contributed by atoms with E-state index in [0.717, 1.165) is 11.1 Å². The Balaban J connectivity index is 1.52. The van der Waals surface area contributed by atoms with Crippen molar-refractivity contribution in [2.75, 3.05) is 13.7 Å². The van der Waals surface area contributed by atoms with Gasteiger partial charge in [-0.2, -0.15) is 4.31 Å².